The van der Waals surface area contributed by atoms with E-state index in [0.717, 1.165) is 0 Å². The highest BCUT2D eigenvalue weighted by Crippen LogP contribution is 2.23. The Labute approximate surface area is 119 Å². The Bertz CT molecular complexity index is 545. The summed E-state index contributed by atoms with van der Waals surface area (Å²) in [4.78, 5) is 25.7. The molecule has 1 N–H and O–H groups in total. The number of carbonyl (C=O) groups excluding carboxylic acids is 2. The van der Waals surface area contributed by atoms with Crippen LogP contribution in [0.15, 0.2) is 22.7 Å². The van der Waals surface area contributed by atoms with E-state index in [-0.39, 0.29) is 17.4 Å². The maximum atomic E-state index is 13.5. The van der Waals surface area contributed by atoms with E-state index in [9.17, 15) is 14.0 Å². The summed E-state index contributed by atoms with van der Waals surface area (Å²) in [6.45, 7) is 4.17. The van der Waals surface area contributed by atoms with Gasteiger partial charge in [0, 0.05) is 18.7 Å². The molecule has 102 valence electrons. The van der Waals surface area contributed by atoms with Gasteiger partial charge in [0.05, 0.1) is 4.47 Å². The Morgan fingerprint density at radius 1 is 1.47 bits per heavy atom. The number of benzene rings is 1. The van der Waals surface area contributed by atoms with Gasteiger partial charge < -0.3 is 10.2 Å². The molecule has 0 aromatic heterocycles. The highest BCUT2D eigenvalue weighted by molar-refractivity contribution is 9.10. The van der Waals surface area contributed by atoms with Gasteiger partial charge in [0.15, 0.2) is 0 Å². The number of nitrogens with zero attached hydrogens (tertiary/aromatic N) is 1. The normalized spacial score (nSPS) is 18.1. The summed E-state index contributed by atoms with van der Waals surface area (Å²) in [5.74, 6) is -1.04. The van der Waals surface area contributed by atoms with Crippen LogP contribution in [-0.2, 0) is 4.79 Å². The van der Waals surface area contributed by atoms with Gasteiger partial charge in [-0.3, -0.25) is 9.59 Å². The predicted octanol–water partition coefficient (Wildman–Crippen LogP) is 1.94. The molecule has 1 saturated heterocycles. The summed E-state index contributed by atoms with van der Waals surface area (Å²) in [7, 11) is 0. The molecule has 1 fully saturated rings. The Morgan fingerprint density at radius 2 is 2.16 bits per heavy atom. The van der Waals surface area contributed by atoms with Gasteiger partial charge in [-0.2, -0.15) is 0 Å². The summed E-state index contributed by atoms with van der Waals surface area (Å²) in [6.07, 6.45) is 0. The van der Waals surface area contributed by atoms with Gasteiger partial charge in [-0.15, -0.1) is 0 Å². The average Bonchev–Trinajstić information content (AvgIpc) is 2.35. The van der Waals surface area contributed by atoms with Crippen LogP contribution in [0.4, 0.5) is 4.39 Å². The number of amides is 2. The Kier molecular flexibility index (Phi) is 3.62. The fraction of sp³-hybridized carbons (Fsp3) is 0.385. The third-order valence-electron chi connectivity index (χ3n) is 3.26. The molecular formula is C13H14BrFN2O2. The molecule has 19 heavy (non-hydrogen) atoms. The van der Waals surface area contributed by atoms with E-state index in [1.807, 2.05) is 0 Å². The minimum atomic E-state index is -0.932. The molecule has 0 bridgehead atoms. The van der Waals surface area contributed by atoms with Gasteiger partial charge >= 0.3 is 0 Å². The van der Waals surface area contributed by atoms with Gasteiger partial charge in [-0.25, -0.2) is 4.39 Å². The first-order valence-electron chi connectivity index (χ1n) is 5.89. The van der Waals surface area contributed by atoms with Crippen molar-refractivity contribution in [2.75, 3.05) is 13.1 Å². The van der Waals surface area contributed by atoms with Crippen molar-refractivity contribution in [3.8, 4) is 0 Å². The van der Waals surface area contributed by atoms with Crippen molar-refractivity contribution in [1.29, 1.82) is 0 Å². The molecule has 0 radical (unpaired) electrons. The van der Waals surface area contributed by atoms with Gasteiger partial charge in [-0.05, 0) is 48.0 Å². The zero-order chi connectivity index (χ0) is 14.2. The van der Waals surface area contributed by atoms with Crippen LogP contribution in [0, 0.1) is 5.82 Å². The number of piperazine rings is 1. The molecule has 0 spiro atoms. The second-order valence-corrected chi connectivity index (χ2v) is 5.75. The van der Waals surface area contributed by atoms with Crippen LogP contribution in [0.3, 0.4) is 0 Å². The number of hydrogen-bond acceptors (Lipinski definition) is 2. The molecule has 1 aromatic rings. The first kappa shape index (κ1) is 14.0. The first-order valence-corrected chi connectivity index (χ1v) is 6.68. The van der Waals surface area contributed by atoms with E-state index >= 15 is 0 Å². The lowest BCUT2D eigenvalue weighted by Crippen LogP contribution is -2.63. The summed E-state index contributed by atoms with van der Waals surface area (Å²) in [5, 5.41) is 2.71. The minimum absolute atomic E-state index is 0.204. The van der Waals surface area contributed by atoms with E-state index in [0.29, 0.717) is 17.6 Å². The quantitative estimate of drug-likeness (QED) is 0.856. The number of rotatable bonds is 1. The van der Waals surface area contributed by atoms with Gasteiger partial charge in [0.2, 0.25) is 5.91 Å². The van der Waals surface area contributed by atoms with Crippen molar-refractivity contribution in [1.82, 2.24) is 10.2 Å². The van der Waals surface area contributed by atoms with Crippen molar-refractivity contribution >= 4 is 27.7 Å². The third kappa shape index (κ3) is 2.49. The zero-order valence-corrected chi connectivity index (χ0v) is 12.3. The van der Waals surface area contributed by atoms with Crippen LogP contribution in [0.25, 0.3) is 0 Å². The van der Waals surface area contributed by atoms with Crippen LogP contribution < -0.4 is 5.32 Å². The molecule has 0 aliphatic carbocycles. The largest absolute Gasteiger partial charge is 0.352 e. The van der Waals surface area contributed by atoms with Crippen LogP contribution in [0.5, 0.6) is 0 Å². The average molecular weight is 329 g/mol. The van der Waals surface area contributed by atoms with Crippen molar-refractivity contribution in [2.45, 2.75) is 19.4 Å². The van der Waals surface area contributed by atoms with Gasteiger partial charge in [0.1, 0.15) is 11.4 Å². The Hall–Kier alpha value is -1.43. The molecule has 0 saturated carbocycles. The van der Waals surface area contributed by atoms with E-state index in [1.54, 1.807) is 13.8 Å². The van der Waals surface area contributed by atoms with Crippen molar-refractivity contribution in [3.05, 3.63) is 34.1 Å². The van der Waals surface area contributed by atoms with Crippen molar-refractivity contribution in [2.24, 2.45) is 0 Å². The third-order valence-corrected chi connectivity index (χ3v) is 3.91. The topological polar surface area (TPSA) is 49.4 Å². The molecule has 0 unspecified atom stereocenters. The maximum Gasteiger partial charge on any atom is 0.254 e. The van der Waals surface area contributed by atoms with Crippen LogP contribution >= 0.6 is 15.9 Å². The smallest absolute Gasteiger partial charge is 0.254 e. The number of nitrogens with one attached hydrogen (secondary N) is 1. The van der Waals surface area contributed by atoms with E-state index in [1.165, 1.54) is 23.1 Å². The van der Waals surface area contributed by atoms with Crippen LogP contribution in [0.1, 0.15) is 24.2 Å². The van der Waals surface area contributed by atoms with E-state index in [4.69, 9.17) is 0 Å². The van der Waals surface area contributed by atoms with Gasteiger partial charge in [0.25, 0.3) is 5.91 Å². The maximum absolute atomic E-state index is 13.5. The molecule has 0 atom stereocenters. The molecule has 1 heterocycles. The lowest BCUT2D eigenvalue weighted by atomic mass is 9.97. The molecular weight excluding hydrogens is 315 g/mol. The van der Waals surface area contributed by atoms with E-state index < -0.39 is 11.4 Å². The molecule has 1 aromatic carbocycles. The fourth-order valence-corrected chi connectivity index (χ4v) is 2.29. The summed E-state index contributed by atoms with van der Waals surface area (Å²) < 4.78 is 13.8. The monoisotopic (exact) mass is 328 g/mol. The van der Waals surface area contributed by atoms with E-state index in [2.05, 4.69) is 21.2 Å². The van der Waals surface area contributed by atoms with Crippen molar-refractivity contribution < 1.29 is 14.0 Å². The summed E-state index contributed by atoms with van der Waals surface area (Å²) in [5.41, 5.74) is -0.692. The highest BCUT2D eigenvalue weighted by Gasteiger charge is 2.40. The lowest BCUT2D eigenvalue weighted by Gasteiger charge is -2.41. The molecule has 6 heteroatoms. The molecule has 2 amide bonds. The minimum Gasteiger partial charge on any atom is -0.352 e. The molecule has 2 rings (SSSR count). The Balaban J connectivity index is 2.32. The fourth-order valence-electron chi connectivity index (χ4n) is 2.04. The standard InChI is InChI=1S/C13H14BrFN2O2/c1-13(2)12(19)16-5-6-17(13)11(18)8-3-4-9(14)10(15)7-8/h3-4,7H,5-6H2,1-2H3,(H,16,19). The molecule has 1 aliphatic heterocycles. The van der Waals surface area contributed by atoms with Crippen LogP contribution in [0.2, 0.25) is 0 Å². The molecule has 4 nitrogen and oxygen atoms in total. The highest BCUT2D eigenvalue weighted by atomic mass is 79.9. The second kappa shape index (κ2) is 4.92. The van der Waals surface area contributed by atoms with Gasteiger partial charge in [-0.1, -0.05) is 0 Å². The SMILES string of the molecule is CC1(C)C(=O)NCCN1C(=O)c1ccc(Br)c(F)c1. The Morgan fingerprint density at radius 3 is 2.79 bits per heavy atom. The number of hydrogen-bond donors (Lipinski definition) is 1. The number of carbonyl (C=O) groups is 2. The van der Waals surface area contributed by atoms with Crippen molar-refractivity contribution in [3.63, 3.8) is 0 Å². The lowest BCUT2D eigenvalue weighted by molar-refractivity contribution is -0.133. The summed E-state index contributed by atoms with van der Waals surface area (Å²) >= 11 is 3.04. The first-order chi connectivity index (χ1) is 8.84. The number of halogens is 2. The summed E-state index contributed by atoms with van der Waals surface area (Å²) in [6, 6.07) is 4.20. The van der Waals surface area contributed by atoms with Crippen LogP contribution in [-0.4, -0.2) is 35.3 Å². The molecule has 1 aliphatic rings. The predicted molar refractivity (Wildman–Crippen MR) is 72.2 cm³/mol. The second-order valence-electron chi connectivity index (χ2n) is 4.90. The zero-order valence-electron chi connectivity index (χ0n) is 10.7.